The third-order valence-corrected chi connectivity index (χ3v) is 1.96. The second kappa shape index (κ2) is 5.38. The third-order valence-electron chi connectivity index (χ3n) is 1.96. The maximum atomic E-state index is 10.5. The van der Waals surface area contributed by atoms with Gasteiger partial charge in [0, 0.05) is 25.3 Å². The monoisotopic (exact) mass is 227 g/mol. The first-order valence-electron chi connectivity index (χ1n) is 4.61. The van der Waals surface area contributed by atoms with Gasteiger partial charge in [0.25, 0.3) is 0 Å². The van der Waals surface area contributed by atoms with Crippen LogP contribution < -0.4 is 5.73 Å². The summed E-state index contributed by atoms with van der Waals surface area (Å²) in [7, 11) is 1.47. The predicted molar refractivity (Wildman–Crippen MR) is 56.9 cm³/mol. The van der Waals surface area contributed by atoms with Crippen molar-refractivity contribution in [2.75, 3.05) is 19.5 Å². The number of aromatic nitrogens is 1. The lowest BCUT2D eigenvalue weighted by Crippen LogP contribution is -2.18. The molecule has 1 atom stereocenters. The standard InChI is InChI=1S/C9H13N3O4/c1-16-5-7(13)4-6-2-3-8(12(14)15)9(10)11-6/h2-3,7,13H,4-5H2,1H3,(H2,10,11). The van der Waals surface area contributed by atoms with Crippen LogP contribution in [0.25, 0.3) is 0 Å². The van der Waals surface area contributed by atoms with Gasteiger partial charge in [-0.15, -0.1) is 0 Å². The van der Waals surface area contributed by atoms with Crippen molar-refractivity contribution in [3.63, 3.8) is 0 Å². The Bertz CT molecular complexity index is 383. The molecule has 0 aliphatic rings. The highest BCUT2D eigenvalue weighted by molar-refractivity contribution is 5.52. The molecule has 1 unspecified atom stereocenters. The zero-order valence-corrected chi connectivity index (χ0v) is 8.79. The number of hydrogen-bond acceptors (Lipinski definition) is 6. The number of nitrogens with zero attached hydrogens (tertiary/aromatic N) is 2. The number of pyridine rings is 1. The fraction of sp³-hybridized carbons (Fsp3) is 0.444. The van der Waals surface area contributed by atoms with Gasteiger partial charge in [0.2, 0.25) is 5.82 Å². The molecule has 0 aliphatic carbocycles. The molecule has 0 spiro atoms. The van der Waals surface area contributed by atoms with Gasteiger partial charge >= 0.3 is 5.69 Å². The fourth-order valence-corrected chi connectivity index (χ4v) is 1.27. The van der Waals surface area contributed by atoms with Crippen LogP contribution in [0, 0.1) is 10.1 Å². The molecule has 1 aromatic heterocycles. The second-order valence-corrected chi connectivity index (χ2v) is 3.28. The zero-order valence-electron chi connectivity index (χ0n) is 8.79. The van der Waals surface area contributed by atoms with Crippen LogP contribution in [0.2, 0.25) is 0 Å². The van der Waals surface area contributed by atoms with Gasteiger partial charge in [0.1, 0.15) is 0 Å². The first kappa shape index (κ1) is 12.3. The van der Waals surface area contributed by atoms with Crippen LogP contribution >= 0.6 is 0 Å². The molecule has 0 bridgehead atoms. The number of aliphatic hydroxyl groups excluding tert-OH is 1. The molecular weight excluding hydrogens is 214 g/mol. The minimum absolute atomic E-state index is 0.146. The van der Waals surface area contributed by atoms with Gasteiger partial charge in [-0.2, -0.15) is 0 Å². The van der Waals surface area contributed by atoms with E-state index in [1.54, 1.807) is 0 Å². The van der Waals surface area contributed by atoms with Crippen LogP contribution in [-0.4, -0.2) is 34.8 Å². The van der Waals surface area contributed by atoms with E-state index in [2.05, 4.69) is 4.98 Å². The van der Waals surface area contributed by atoms with Gasteiger partial charge in [-0.05, 0) is 6.07 Å². The normalized spacial score (nSPS) is 12.4. The molecule has 3 N–H and O–H groups in total. The van der Waals surface area contributed by atoms with Gasteiger partial charge in [0.05, 0.1) is 17.6 Å². The Morgan fingerprint density at radius 2 is 2.38 bits per heavy atom. The summed E-state index contributed by atoms with van der Waals surface area (Å²) in [6.45, 7) is 0.179. The van der Waals surface area contributed by atoms with E-state index in [0.717, 1.165) is 0 Å². The Hall–Kier alpha value is -1.73. The van der Waals surface area contributed by atoms with E-state index in [9.17, 15) is 15.2 Å². The molecular formula is C9H13N3O4. The number of nitrogens with two attached hydrogens (primary N) is 1. The molecule has 1 heterocycles. The molecule has 0 saturated heterocycles. The minimum Gasteiger partial charge on any atom is -0.390 e. The Morgan fingerprint density at radius 3 is 2.88 bits per heavy atom. The van der Waals surface area contributed by atoms with Crippen molar-refractivity contribution >= 4 is 11.5 Å². The van der Waals surface area contributed by atoms with E-state index in [1.807, 2.05) is 0 Å². The van der Waals surface area contributed by atoms with Crippen LogP contribution in [0.4, 0.5) is 11.5 Å². The number of ether oxygens (including phenoxy) is 1. The molecule has 7 nitrogen and oxygen atoms in total. The summed E-state index contributed by atoms with van der Waals surface area (Å²) in [5, 5.41) is 19.9. The van der Waals surface area contributed by atoms with E-state index < -0.39 is 11.0 Å². The van der Waals surface area contributed by atoms with Crippen molar-refractivity contribution in [1.29, 1.82) is 0 Å². The van der Waals surface area contributed by atoms with Gasteiger partial charge < -0.3 is 15.6 Å². The summed E-state index contributed by atoms with van der Waals surface area (Å²) in [5.74, 6) is -0.146. The third kappa shape index (κ3) is 3.14. The number of aliphatic hydroxyl groups is 1. The molecule has 0 aliphatic heterocycles. The molecule has 0 aromatic carbocycles. The first-order chi connectivity index (χ1) is 7.54. The van der Waals surface area contributed by atoms with Crippen LogP contribution in [-0.2, 0) is 11.2 Å². The lowest BCUT2D eigenvalue weighted by molar-refractivity contribution is -0.384. The quantitative estimate of drug-likeness (QED) is 0.546. The Labute approximate surface area is 92.0 Å². The van der Waals surface area contributed by atoms with Crippen LogP contribution in [0.5, 0.6) is 0 Å². The average molecular weight is 227 g/mol. The Kier molecular flexibility index (Phi) is 4.15. The molecule has 1 aromatic rings. The number of nitro groups is 1. The summed E-state index contributed by atoms with van der Waals surface area (Å²) in [6, 6.07) is 2.74. The maximum absolute atomic E-state index is 10.5. The van der Waals surface area contributed by atoms with Crippen molar-refractivity contribution < 1.29 is 14.8 Å². The van der Waals surface area contributed by atoms with Crippen molar-refractivity contribution in [3.05, 3.63) is 27.9 Å². The second-order valence-electron chi connectivity index (χ2n) is 3.28. The number of nitrogen functional groups attached to an aromatic ring is 1. The van der Waals surface area contributed by atoms with Crippen LogP contribution in [0.3, 0.4) is 0 Å². The van der Waals surface area contributed by atoms with E-state index >= 15 is 0 Å². The van der Waals surface area contributed by atoms with Crippen LogP contribution in [0.1, 0.15) is 5.69 Å². The van der Waals surface area contributed by atoms with Crippen LogP contribution in [0.15, 0.2) is 12.1 Å². The van der Waals surface area contributed by atoms with E-state index in [0.29, 0.717) is 5.69 Å². The molecule has 7 heteroatoms. The molecule has 0 fully saturated rings. The average Bonchev–Trinajstić information content (AvgIpc) is 2.17. The first-order valence-corrected chi connectivity index (χ1v) is 4.61. The summed E-state index contributed by atoms with van der Waals surface area (Å²) < 4.78 is 4.75. The van der Waals surface area contributed by atoms with E-state index in [1.165, 1.54) is 19.2 Å². The highest BCUT2D eigenvalue weighted by atomic mass is 16.6. The van der Waals surface area contributed by atoms with Gasteiger partial charge in [-0.1, -0.05) is 0 Å². The summed E-state index contributed by atoms with van der Waals surface area (Å²) in [6.07, 6.45) is -0.450. The number of anilines is 1. The van der Waals surface area contributed by atoms with Crippen molar-refractivity contribution in [2.45, 2.75) is 12.5 Å². The number of hydrogen-bond donors (Lipinski definition) is 2. The lowest BCUT2D eigenvalue weighted by atomic mass is 10.2. The molecule has 0 saturated carbocycles. The smallest absolute Gasteiger partial charge is 0.311 e. The summed E-state index contributed by atoms with van der Waals surface area (Å²) in [5.41, 5.74) is 5.67. The van der Waals surface area contributed by atoms with Gasteiger partial charge in [-0.3, -0.25) is 10.1 Å². The topological polar surface area (TPSA) is 112 Å². The predicted octanol–water partition coefficient (Wildman–Crippen LogP) is 0.122. The molecule has 1 rings (SSSR count). The lowest BCUT2D eigenvalue weighted by Gasteiger charge is -2.08. The minimum atomic E-state index is -0.696. The van der Waals surface area contributed by atoms with Crippen molar-refractivity contribution in [1.82, 2.24) is 4.98 Å². The van der Waals surface area contributed by atoms with Gasteiger partial charge in [-0.25, -0.2) is 4.98 Å². The highest BCUT2D eigenvalue weighted by Gasteiger charge is 2.14. The van der Waals surface area contributed by atoms with E-state index in [-0.39, 0.29) is 24.5 Å². The fourth-order valence-electron chi connectivity index (χ4n) is 1.27. The van der Waals surface area contributed by atoms with E-state index in [4.69, 9.17) is 10.5 Å². The molecule has 0 amide bonds. The van der Waals surface area contributed by atoms with Crippen molar-refractivity contribution in [2.24, 2.45) is 0 Å². The maximum Gasteiger partial charge on any atom is 0.311 e. The molecule has 0 radical (unpaired) electrons. The Morgan fingerprint density at radius 1 is 1.69 bits per heavy atom. The zero-order chi connectivity index (χ0) is 12.1. The van der Waals surface area contributed by atoms with Crippen molar-refractivity contribution in [3.8, 4) is 0 Å². The molecule has 16 heavy (non-hydrogen) atoms. The Balaban J connectivity index is 2.77. The largest absolute Gasteiger partial charge is 0.390 e. The summed E-state index contributed by atoms with van der Waals surface area (Å²) >= 11 is 0. The highest BCUT2D eigenvalue weighted by Crippen LogP contribution is 2.19. The number of rotatable bonds is 5. The summed E-state index contributed by atoms with van der Waals surface area (Å²) in [4.78, 5) is 13.7. The molecule has 88 valence electrons. The van der Waals surface area contributed by atoms with Gasteiger partial charge in [0.15, 0.2) is 0 Å². The number of methoxy groups -OCH3 is 1. The SMILES string of the molecule is COCC(O)Cc1ccc([N+](=O)[O-])c(N)n1.